The van der Waals surface area contributed by atoms with Crippen LogP contribution in [0.4, 0.5) is 0 Å². The van der Waals surface area contributed by atoms with Crippen LogP contribution < -0.4 is 5.32 Å². The van der Waals surface area contributed by atoms with E-state index in [1.54, 1.807) is 11.3 Å². The Kier molecular flexibility index (Phi) is 7.13. The maximum atomic E-state index is 12.6. The van der Waals surface area contributed by atoms with Gasteiger partial charge in [-0.05, 0) is 48.1 Å². The van der Waals surface area contributed by atoms with E-state index in [9.17, 15) is 4.79 Å². The first-order chi connectivity index (χ1) is 13.1. The maximum Gasteiger partial charge on any atom is 0.239 e. The average molecular weight is 392 g/mol. The highest BCUT2D eigenvalue weighted by molar-refractivity contribution is 7.07. The summed E-state index contributed by atoms with van der Waals surface area (Å²) in [5, 5.41) is 7.87. The summed E-state index contributed by atoms with van der Waals surface area (Å²) >= 11 is 1.75. The fraction of sp³-hybridized carbons (Fsp3) is 0.700. The number of amides is 1. The third-order valence-electron chi connectivity index (χ3n) is 5.83. The van der Waals surface area contributed by atoms with Crippen molar-refractivity contribution in [3.8, 4) is 0 Å². The number of carbonyl (C=O) groups is 1. The molecule has 1 amide bonds. The first kappa shape index (κ1) is 20.1. The van der Waals surface area contributed by atoms with E-state index >= 15 is 0 Å². The van der Waals surface area contributed by atoms with E-state index in [-0.39, 0.29) is 6.04 Å². The van der Waals surface area contributed by atoms with Crippen LogP contribution in [0.25, 0.3) is 0 Å². The van der Waals surface area contributed by atoms with Crippen molar-refractivity contribution in [2.75, 3.05) is 52.9 Å². The Morgan fingerprint density at radius 2 is 1.85 bits per heavy atom. The zero-order chi connectivity index (χ0) is 19.2. The number of hydrogen-bond acceptors (Lipinski definition) is 4. The molecule has 3 heterocycles. The molecule has 0 aromatic carbocycles. The molecule has 2 atom stereocenters. The van der Waals surface area contributed by atoms with Crippen molar-refractivity contribution in [3.63, 3.8) is 0 Å². The van der Waals surface area contributed by atoms with Crippen LogP contribution in [0, 0.1) is 0 Å². The molecule has 0 bridgehead atoms. The summed E-state index contributed by atoms with van der Waals surface area (Å²) < 4.78 is 0. The van der Waals surface area contributed by atoms with Crippen LogP contribution in [0.2, 0.25) is 0 Å². The number of rotatable bonds is 5. The van der Waals surface area contributed by atoms with Gasteiger partial charge in [-0.2, -0.15) is 11.3 Å². The quantitative estimate of drug-likeness (QED) is 0.617. The highest BCUT2D eigenvalue weighted by atomic mass is 32.1. The minimum absolute atomic E-state index is 0.0150. The normalized spacial score (nSPS) is 21.4. The van der Waals surface area contributed by atoms with Gasteiger partial charge >= 0.3 is 0 Å². The molecule has 2 fully saturated rings. The third kappa shape index (κ3) is 5.02. The van der Waals surface area contributed by atoms with Gasteiger partial charge in [0.05, 0.1) is 6.04 Å². The lowest BCUT2D eigenvalue weighted by atomic mass is 10.1. The zero-order valence-electron chi connectivity index (χ0n) is 16.9. The van der Waals surface area contributed by atoms with Gasteiger partial charge in [-0.25, -0.2) is 0 Å². The number of thiophene rings is 1. The molecular formula is C20H33N5OS. The van der Waals surface area contributed by atoms with Gasteiger partial charge in [-0.15, -0.1) is 0 Å². The molecule has 0 saturated carbocycles. The van der Waals surface area contributed by atoms with E-state index in [1.165, 1.54) is 5.56 Å². The number of carbonyl (C=O) groups excluding carboxylic acids is 1. The molecule has 1 aromatic rings. The lowest BCUT2D eigenvalue weighted by molar-refractivity contribution is -0.135. The van der Waals surface area contributed by atoms with Crippen molar-refractivity contribution < 1.29 is 4.79 Å². The number of guanidine groups is 1. The second kappa shape index (κ2) is 9.55. The first-order valence-electron chi connectivity index (χ1n) is 10.1. The third-order valence-corrected chi connectivity index (χ3v) is 6.53. The fourth-order valence-electron chi connectivity index (χ4n) is 3.93. The van der Waals surface area contributed by atoms with Crippen molar-refractivity contribution >= 4 is 23.2 Å². The van der Waals surface area contributed by atoms with Crippen LogP contribution >= 0.6 is 11.3 Å². The van der Waals surface area contributed by atoms with E-state index in [4.69, 9.17) is 0 Å². The summed E-state index contributed by atoms with van der Waals surface area (Å²) in [6.07, 6.45) is 2.30. The molecule has 0 aliphatic carbocycles. The van der Waals surface area contributed by atoms with Gasteiger partial charge in [-0.1, -0.05) is 6.92 Å². The standard InChI is InChI=1S/C20H33N5OS/c1-16(18-6-13-27-15-18)14-22-20(21-3)25-11-9-23(10-12-25)17(2)19(26)24-7-4-5-8-24/h6,13,15-17H,4-5,7-12,14H2,1-3H3,(H,21,22). The van der Waals surface area contributed by atoms with Crippen LogP contribution in [-0.4, -0.2) is 85.5 Å². The molecule has 1 N–H and O–H groups in total. The highest BCUT2D eigenvalue weighted by Gasteiger charge is 2.30. The SMILES string of the molecule is CN=C(NCC(C)c1ccsc1)N1CCN(C(C)C(=O)N2CCCC2)CC1. The van der Waals surface area contributed by atoms with Crippen molar-refractivity contribution in [1.29, 1.82) is 0 Å². The minimum Gasteiger partial charge on any atom is -0.356 e. The number of piperazine rings is 1. The molecule has 2 saturated heterocycles. The summed E-state index contributed by atoms with van der Waals surface area (Å²) in [7, 11) is 1.85. The lowest BCUT2D eigenvalue weighted by Gasteiger charge is -2.39. The summed E-state index contributed by atoms with van der Waals surface area (Å²) in [6, 6.07) is 2.18. The Labute approximate surface area is 167 Å². The number of likely N-dealkylation sites (tertiary alicyclic amines) is 1. The van der Waals surface area contributed by atoms with Gasteiger partial charge in [-0.3, -0.25) is 14.7 Å². The molecule has 2 aliphatic rings. The number of nitrogens with one attached hydrogen (secondary N) is 1. The van der Waals surface area contributed by atoms with Gasteiger partial charge in [0.1, 0.15) is 0 Å². The second-order valence-corrected chi connectivity index (χ2v) is 8.40. The summed E-state index contributed by atoms with van der Waals surface area (Å²) in [6.45, 7) is 10.7. The Balaban J connectivity index is 1.46. The molecule has 27 heavy (non-hydrogen) atoms. The number of hydrogen-bond donors (Lipinski definition) is 1. The van der Waals surface area contributed by atoms with E-state index in [0.29, 0.717) is 11.8 Å². The van der Waals surface area contributed by atoms with Crippen LogP contribution in [-0.2, 0) is 4.79 Å². The lowest BCUT2D eigenvalue weighted by Crippen LogP contribution is -2.57. The minimum atomic E-state index is -0.0150. The Morgan fingerprint density at radius 1 is 1.15 bits per heavy atom. The van der Waals surface area contributed by atoms with Crippen LogP contribution in [0.3, 0.4) is 0 Å². The van der Waals surface area contributed by atoms with Gasteiger partial charge in [0.2, 0.25) is 5.91 Å². The molecule has 0 radical (unpaired) electrons. The van der Waals surface area contributed by atoms with Gasteiger partial charge in [0.25, 0.3) is 0 Å². The van der Waals surface area contributed by atoms with E-state index in [1.807, 2.05) is 11.9 Å². The van der Waals surface area contributed by atoms with Crippen molar-refractivity contribution in [3.05, 3.63) is 22.4 Å². The van der Waals surface area contributed by atoms with Crippen molar-refractivity contribution in [2.24, 2.45) is 4.99 Å². The van der Waals surface area contributed by atoms with Gasteiger partial charge < -0.3 is 15.1 Å². The summed E-state index contributed by atoms with van der Waals surface area (Å²) in [5.41, 5.74) is 1.38. The molecule has 2 aliphatic heterocycles. The summed E-state index contributed by atoms with van der Waals surface area (Å²) in [4.78, 5) is 23.8. The molecule has 3 rings (SSSR count). The van der Waals surface area contributed by atoms with Crippen molar-refractivity contribution in [2.45, 2.75) is 38.6 Å². The van der Waals surface area contributed by atoms with E-state index in [0.717, 1.165) is 64.6 Å². The van der Waals surface area contributed by atoms with Gasteiger partial charge in [0.15, 0.2) is 5.96 Å². The molecule has 1 aromatic heterocycles. The summed E-state index contributed by atoms with van der Waals surface area (Å²) in [5.74, 6) is 1.73. The average Bonchev–Trinajstić information content (AvgIpc) is 3.41. The predicted octanol–water partition coefficient (Wildman–Crippen LogP) is 2.06. The maximum absolute atomic E-state index is 12.6. The largest absolute Gasteiger partial charge is 0.356 e. The molecule has 150 valence electrons. The second-order valence-electron chi connectivity index (χ2n) is 7.62. The first-order valence-corrected chi connectivity index (χ1v) is 11.0. The monoisotopic (exact) mass is 391 g/mol. The topological polar surface area (TPSA) is 51.2 Å². The van der Waals surface area contributed by atoms with E-state index < -0.39 is 0 Å². The van der Waals surface area contributed by atoms with Crippen molar-refractivity contribution in [1.82, 2.24) is 20.0 Å². The molecular weight excluding hydrogens is 358 g/mol. The van der Waals surface area contributed by atoms with Crippen LogP contribution in [0.5, 0.6) is 0 Å². The Bertz CT molecular complexity index is 618. The Hall–Kier alpha value is -1.60. The fourth-order valence-corrected chi connectivity index (χ4v) is 4.71. The number of nitrogens with zero attached hydrogens (tertiary/aromatic N) is 4. The zero-order valence-corrected chi connectivity index (χ0v) is 17.7. The Morgan fingerprint density at radius 3 is 2.44 bits per heavy atom. The molecule has 2 unspecified atom stereocenters. The van der Waals surface area contributed by atoms with Gasteiger partial charge in [0, 0.05) is 52.9 Å². The number of aliphatic imine (C=N–C) groups is 1. The highest BCUT2D eigenvalue weighted by Crippen LogP contribution is 2.17. The van der Waals surface area contributed by atoms with E-state index in [2.05, 4.69) is 50.8 Å². The predicted molar refractivity (Wildman–Crippen MR) is 113 cm³/mol. The molecule has 7 heteroatoms. The smallest absolute Gasteiger partial charge is 0.239 e. The molecule has 0 spiro atoms. The van der Waals surface area contributed by atoms with Crippen LogP contribution in [0.1, 0.15) is 38.2 Å². The molecule has 6 nitrogen and oxygen atoms in total. The van der Waals surface area contributed by atoms with Crippen LogP contribution in [0.15, 0.2) is 21.8 Å².